The molecule has 0 aliphatic carbocycles. The Labute approximate surface area is 299 Å². The second-order valence-corrected chi connectivity index (χ2v) is 12.7. The molecule has 2 aromatic carbocycles. The minimum absolute atomic E-state index is 0.168. The van der Waals surface area contributed by atoms with E-state index in [9.17, 15) is 30.7 Å². The van der Waals surface area contributed by atoms with Crippen molar-refractivity contribution in [3.05, 3.63) is 81.6 Å². The molecule has 10 nitrogen and oxygen atoms in total. The molecule has 1 fully saturated rings. The van der Waals surface area contributed by atoms with Crippen molar-refractivity contribution in [1.29, 1.82) is 0 Å². The average molecular weight is 776 g/mol. The van der Waals surface area contributed by atoms with Gasteiger partial charge in [0.15, 0.2) is 0 Å². The van der Waals surface area contributed by atoms with Crippen LogP contribution in [0.25, 0.3) is 33.8 Å². The minimum atomic E-state index is -4.68. The Morgan fingerprint density at radius 1 is 0.784 bits per heavy atom. The van der Waals surface area contributed by atoms with Crippen molar-refractivity contribution in [2.45, 2.75) is 38.9 Å². The number of nitrogens with zero attached hydrogens (tertiary/aromatic N) is 9. The Kier molecular flexibility index (Phi) is 10.2. The Morgan fingerprint density at radius 2 is 1.35 bits per heavy atom. The first-order valence-corrected chi connectivity index (χ1v) is 16.2. The fourth-order valence-corrected chi connectivity index (χ4v) is 6.28. The number of aromatic nitrogens is 8. The molecule has 268 valence electrons. The van der Waals surface area contributed by atoms with Gasteiger partial charge < -0.3 is 10.2 Å². The lowest BCUT2D eigenvalue weighted by Crippen LogP contribution is -2.35. The summed E-state index contributed by atoms with van der Waals surface area (Å²) < 4.78 is 97.5. The lowest BCUT2D eigenvalue weighted by molar-refractivity contribution is -0.138. The Bertz CT molecular complexity index is 2190. The van der Waals surface area contributed by atoms with E-state index in [4.69, 9.17) is 34.8 Å². The molecule has 1 aliphatic rings. The molecule has 0 unspecified atom stereocenters. The fraction of sp³-hybridized carbons (Fsp3) is 0.290. The summed E-state index contributed by atoms with van der Waals surface area (Å²) >= 11 is 18.7. The lowest BCUT2D eigenvalue weighted by Gasteiger charge is -2.33. The van der Waals surface area contributed by atoms with E-state index in [1.165, 1.54) is 12.4 Å². The minimum Gasteiger partial charge on any atom is -0.358 e. The second kappa shape index (κ2) is 14.3. The van der Waals surface area contributed by atoms with Crippen LogP contribution in [0.2, 0.25) is 15.3 Å². The van der Waals surface area contributed by atoms with Crippen molar-refractivity contribution < 1.29 is 30.7 Å². The van der Waals surface area contributed by atoms with Crippen molar-refractivity contribution in [2.24, 2.45) is 5.92 Å². The summed E-state index contributed by atoms with van der Waals surface area (Å²) in [6, 6.07) is 3.20. The summed E-state index contributed by atoms with van der Waals surface area (Å²) in [6.07, 6.45) is -0.203. The molecule has 0 radical (unpaired) electrons. The standard InChI is InChI=1S/C17H16Cl2FN5.C14H8ClF6N5/c1-10-5-7-24(8-6-10)16-14(13-11(18)3-2-4-12(13)20)15(19)23-17-21-9-22-25(16)17;1-5(14(19,20)21)24-12-10(9-7(17)2-6(16)3-8(9)18)11(15)25-13-22-4-23-26(12)13/h2-4,9-10H,5-8H2,1H3;2-5,24H,1H3/t;5-/m.0/s1. The van der Waals surface area contributed by atoms with Gasteiger partial charge in [-0.1, -0.05) is 47.8 Å². The molecule has 1 atom stereocenters. The van der Waals surface area contributed by atoms with Gasteiger partial charge in [-0.3, -0.25) is 0 Å². The van der Waals surface area contributed by atoms with Crippen LogP contribution in [-0.2, 0) is 0 Å². The third-order valence-corrected chi connectivity index (χ3v) is 9.00. The van der Waals surface area contributed by atoms with Crippen molar-refractivity contribution in [3.63, 3.8) is 0 Å². The smallest absolute Gasteiger partial charge is 0.358 e. The highest BCUT2D eigenvalue weighted by molar-refractivity contribution is 6.36. The van der Waals surface area contributed by atoms with E-state index in [1.54, 1.807) is 16.6 Å². The summed E-state index contributed by atoms with van der Waals surface area (Å²) in [5.74, 6) is -3.34. The lowest BCUT2D eigenvalue weighted by atomic mass is 9.98. The summed E-state index contributed by atoms with van der Waals surface area (Å²) in [6.45, 7) is 4.68. The summed E-state index contributed by atoms with van der Waals surface area (Å²) in [5.41, 5.74) is -0.695. The number of nitrogens with one attached hydrogen (secondary N) is 1. The van der Waals surface area contributed by atoms with Gasteiger partial charge in [-0.2, -0.15) is 52.3 Å². The maximum atomic E-state index is 14.6. The SMILES string of the molecule is CC1CCN(c2c(-c3c(F)cccc3Cl)c(Cl)nc3ncnn23)CC1.C[C@H](Nc1c(-c2c(F)cc(F)cc2F)c(Cl)nc2ncnn12)C(F)(F)F. The first-order chi connectivity index (χ1) is 24.1. The molecule has 20 heteroatoms. The zero-order valence-electron chi connectivity index (χ0n) is 26.3. The van der Waals surface area contributed by atoms with E-state index in [0.29, 0.717) is 35.2 Å². The molecule has 51 heavy (non-hydrogen) atoms. The first kappa shape index (κ1) is 36.3. The topological polar surface area (TPSA) is 101 Å². The van der Waals surface area contributed by atoms with Crippen LogP contribution in [0.5, 0.6) is 0 Å². The van der Waals surface area contributed by atoms with E-state index < -0.39 is 57.6 Å². The molecule has 0 bridgehead atoms. The van der Waals surface area contributed by atoms with Crippen LogP contribution >= 0.6 is 34.8 Å². The van der Waals surface area contributed by atoms with Crippen molar-refractivity contribution in [3.8, 4) is 22.3 Å². The summed E-state index contributed by atoms with van der Waals surface area (Å²) in [4.78, 5) is 18.0. The monoisotopic (exact) mass is 774 g/mol. The number of hydrogen-bond donors (Lipinski definition) is 1. The predicted octanol–water partition coefficient (Wildman–Crippen LogP) is 8.70. The van der Waals surface area contributed by atoms with Gasteiger partial charge in [0, 0.05) is 30.8 Å². The van der Waals surface area contributed by atoms with Crippen molar-refractivity contribution in [2.75, 3.05) is 23.3 Å². The number of piperidine rings is 1. The van der Waals surface area contributed by atoms with Crippen LogP contribution in [0.4, 0.5) is 42.4 Å². The highest BCUT2D eigenvalue weighted by Crippen LogP contribution is 2.42. The quantitative estimate of drug-likeness (QED) is 0.137. The van der Waals surface area contributed by atoms with Crippen molar-refractivity contribution >= 4 is 58.0 Å². The molecule has 5 heterocycles. The highest BCUT2D eigenvalue weighted by atomic mass is 35.5. The van der Waals surface area contributed by atoms with Gasteiger partial charge in [0.05, 0.1) is 21.7 Å². The second-order valence-electron chi connectivity index (χ2n) is 11.6. The summed E-state index contributed by atoms with van der Waals surface area (Å²) in [7, 11) is 0. The van der Waals surface area contributed by atoms with Gasteiger partial charge in [0.1, 0.15) is 63.9 Å². The number of alkyl halides is 3. The normalized spacial score (nSPS) is 14.5. The third kappa shape index (κ3) is 7.19. The van der Waals surface area contributed by atoms with E-state index in [1.807, 2.05) is 0 Å². The van der Waals surface area contributed by atoms with Gasteiger partial charge in [-0.25, -0.2) is 17.6 Å². The third-order valence-electron chi connectivity index (χ3n) is 8.14. The van der Waals surface area contributed by atoms with Gasteiger partial charge in [-0.15, -0.1) is 0 Å². The van der Waals surface area contributed by atoms with Crippen LogP contribution in [0.15, 0.2) is 43.0 Å². The van der Waals surface area contributed by atoms with Crippen LogP contribution < -0.4 is 10.2 Å². The molecular weight excluding hydrogens is 752 g/mol. The Balaban J connectivity index is 0.000000176. The van der Waals surface area contributed by atoms with E-state index in [0.717, 1.165) is 43.7 Å². The largest absolute Gasteiger partial charge is 0.408 e. The van der Waals surface area contributed by atoms with E-state index in [2.05, 4.69) is 47.3 Å². The number of halogens is 10. The van der Waals surface area contributed by atoms with Gasteiger partial charge in [0.25, 0.3) is 11.6 Å². The fourth-order valence-electron chi connectivity index (χ4n) is 5.51. The molecule has 1 aliphatic heterocycles. The molecule has 1 saturated heterocycles. The zero-order valence-corrected chi connectivity index (χ0v) is 28.6. The first-order valence-electron chi connectivity index (χ1n) is 15.1. The predicted molar refractivity (Wildman–Crippen MR) is 177 cm³/mol. The maximum Gasteiger partial charge on any atom is 0.408 e. The molecular formula is C31H24Cl3F7N10. The maximum absolute atomic E-state index is 14.6. The number of benzene rings is 2. The molecule has 0 amide bonds. The molecule has 7 rings (SSSR count). The molecule has 1 N–H and O–H groups in total. The van der Waals surface area contributed by atoms with Gasteiger partial charge in [0.2, 0.25) is 0 Å². The molecule has 0 spiro atoms. The van der Waals surface area contributed by atoms with Crippen LogP contribution in [0.3, 0.4) is 0 Å². The van der Waals surface area contributed by atoms with Gasteiger partial charge in [-0.05, 0) is 37.8 Å². The number of anilines is 2. The Hall–Kier alpha value is -4.48. The Morgan fingerprint density at radius 3 is 1.94 bits per heavy atom. The van der Waals surface area contributed by atoms with Crippen LogP contribution in [-0.4, -0.2) is 64.5 Å². The van der Waals surface area contributed by atoms with E-state index >= 15 is 0 Å². The number of rotatable bonds is 5. The molecule has 6 aromatic rings. The average Bonchev–Trinajstić information content (AvgIpc) is 3.72. The number of hydrogen-bond acceptors (Lipinski definition) is 8. The van der Waals surface area contributed by atoms with Crippen molar-refractivity contribution in [1.82, 2.24) is 39.2 Å². The number of fused-ring (bicyclic) bond motifs is 2. The van der Waals surface area contributed by atoms with Crippen LogP contribution in [0, 0.1) is 29.2 Å². The van der Waals surface area contributed by atoms with Gasteiger partial charge >= 0.3 is 6.18 Å². The summed E-state index contributed by atoms with van der Waals surface area (Å²) in [5, 5.41) is 9.96. The molecule has 4 aromatic heterocycles. The highest BCUT2D eigenvalue weighted by Gasteiger charge is 2.38. The van der Waals surface area contributed by atoms with E-state index in [-0.39, 0.29) is 21.5 Å². The molecule has 0 saturated carbocycles. The zero-order chi connectivity index (χ0) is 36.8. The van der Waals surface area contributed by atoms with Crippen LogP contribution in [0.1, 0.15) is 26.7 Å².